The molecule has 3 rings (SSSR count). The van der Waals surface area contributed by atoms with Crippen LogP contribution in [0.4, 0.5) is 0 Å². The molecule has 2 aliphatic rings. The lowest BCUT2D eigenvalue weighted by molar-refractivity contribution is -0.160. The van der Waals surface area contributed by atoms with Crippen LogP contribution in [0.25, 0.3) is 0 Å². The Bertz CT molecular complexity index is 740. The number of fused-ring (bicyclic) bond motifs is 1. The van der Waals surface area contributed by atoms with Crippen molar-refractivity contribution in [2.75, 3.05) is 7.11 Å². The molecule has 150 valence electrons. The molecule has 3 nitrogen and oxygen atoms in total. The van der Waals surface area contributed by atoms with Crippen LogP contribution in [0, 0.1) is 35.0 Å². The summed E-state index contributed by atoms with van der Waals surface area (Å²) in [4.78, 5) is 13.9. The van der Waals surface area contributed by atoms with Gasteiger partial charge in [-0.15, -0.1) is 0 Å². The largest absolute Gasteiger partial charge is 0.497 e. The molecule has 0 amide bonds. The van der Waals surface area contributed by atoms with Gasteiger partial charge in [-0.3, -0.25) is 4.79 Å². The zero-order valence-electron chi connectivity index (χ0n) is 18.2. The van der Waals surface area contributed by atoms with E-state index in [-0.39, 0.29) is 39.9 Å². The topological polar surface area (TPSA) is 52.3 Å². The molecule has 2 saturated carbocycles. The van der Waals surface area contributed by atoms with Crippen molar-refractivity contribution in [3.8, 4) is 5.75 Å². The number of hydrogen-bond acceptors (Lipinski definition) is 3. The zero-order chi connectivity index (χ0) is 20.2. The third-order valence-electron chi connectivity index (χ3n) is 8.64. The van der Waals surface area contributed by atoms with Crippen LogP contribution in [-0.2, 0) is 0 Å². The van der Waals surface area contributed by atoms with E-state index in [1.165, 1.54) is 12.8 Å². The first-order valence-corrected chi connectivity index (χ1v) is 10.4. The average molecular weight is 372 g/mol. The van der Waals surface area contributed by atoms with Gasteiger partial charge in [-0.1, -0.05) is 41.0 Å². The molecule has 0 aromatic heterocycles. The lowest BCUT2D eigenvalue weighted by Crippen LogP contribution is -2.64. The number of ketones is 1. The molecular weight excluding hydrogens is 334 g/mol. The number of benzene rings is 1. The second-order valence-corrected chi connectivity index (χ2v) is 10.3. The van der Waals surface area contributed by atoms with Crippen LogP contribution >= 0.6 is 0 Å². The summed E-state index contributed by atoms with van der Waals surface area (Å²) in [5.41, 5.74) is 8.68. The van der Waals surface area contributed by atoms with Crippen molar-refractivity contribution in [2.45, 2.75) is 73.3 Å². The summed E-state index contributed by atoms with van der Waals surface area (Å²) >= 11 is 0. The van der Waals surface area contributed by atoms with E-state index in [0.29, 0.717) is 0 Å². The summed E-state index contributed by atoms with van der Waals surface area (Å²) in [7, 11) is 1.66. The van der Waals surface area contributed by atoms with Crippen molar-refractivity contribution in [3.05, 3.63) is 29.3 Å². The fourth-order valence-electron chi connectivity index (χ4n) is 6.43. The molecule has 0 aliphatic heterocycles. The SMILES string of the molecule is COc1cc(C)cc(C(=O)[C@H]2[C@H](C)[C@H](N)C[C@@]3(C)C(C)(C)CCC[C@]23C)c1. The predicted octanol–water partition coefficient (Wildman–Crippen LogP) is 5.39. The molecule has 27 heavy (non-hydrogen) atoms. The van der Waals surface area contributed by atoms with Gasteiger partial charge < -0.3 is 10.5 Å². The Kier molecular flexibility index (Phi) is 5.00. The fourth-order valence-corrected chi connectivity index (χ4v) is 6.43. The summed E-state index contributed by atoms with van der Waals surface area (Å²) in [6.45, 7) is 13.7. The van der Waals surface area contributed by atoms with Crippen molar-refractivity contribution in [1.82, 2.24) is 0 Å². The number of carbonyl (C=O) groups excluding carboxylic acids is 1. The fraction of sp³-hybridized carbons (Fsp3) is 0.708. The first-order valence-electron chi connectivity index (χ1n) is 10.4. The van der Waals surface area contributed by atoms with Crippen LogP contribution in [0.5, 0.6) is 5.75 Å². The molecule has 0 bridgehead atoms. The molecule has 0 heterocycles. The third-order valence-corrected chi connectivity index (χ3v) is 8.64. The first kappa shape index (κ1) is 20.4. The summed E-state index contributed by atoms with van der Waals surface area (Å²) in [5, 5.41) is 0. The minimum absolute atomic E-state index is 0.0436. The van der Waals surface area contributed by atoms with Gasteiger partial charge in [-0.05, 0) is 72.1 Å². The van der Waals surface area contributed by atoms with Gasteiger partial charge in [-0.25, -0.2) is 0 Å². The second-order valence-electron chi connectivity index (χ2n) is 10.3. The minimum atomic E-state index is -0.0580. The maximum absolute atomic E-state index is 13.9. The van der Waals surface area contributed by atoms with Crippen molar-refractivity contribution >= 4 is 5.78 Å². The van der Waals surface area contributed by atoms with Crippen molar-refractivity contribution in [2.24, 2.45) is 33.8 Å². The molecule has 2 fully saturated rings. The van der Waals surface area contributed by atoms with E-state index in [1.54, 1.807) is 7.11 Å². The van der Waals surface area contributed by atoms with Crippen LogP contribution in [0.2, 0.25) is 0 Å². The summed E-state index contributed by atoms with van der Waals surface area (Å²) in [6.07, 6.45) is 4.49. The van der Waals surface area contributed by atoms with Gasteiger partial charge in [0.1, 0.15) is 5.75 Å². The Hall–Kier alpha value is -1.35. The number of rotatable bonds is 3. The average Bonchev–Trinajstić information content (AvgIpc) is 2.58. The van der Waals surface area contributed by atoms with E-state index in [0.717, 1.165) is 29.7 Å². The zero-order valence-corrected chi connectivity index (χ0v) is 18.2. The van der Waals surface area contributed by atoms with Gasteiger partial charge in [0, 0.05) is 17.5 Å². The van der Waals surface area contributed by atoms with E-state index in [2.05, 4.69) is 34.6 Å². The van der Waals surface area contributed by atoms with Gasteiger partial charge >= 0.3 is 0 Å². The smallest absolute Gasteiger partial charge is 0.166 e. The summed E-state index contributed by atoms with van der Waals surface area (Å²) in [6, 6.07) is 5.94. The normalized spacial score (nSPS) is 38.1. The van der Waals surface area contributed by atoms with Crippen LogP contribution in [-0.4, -0.2) is 18.9 Å². The highest BCUT2D eigenvalue weighted by Gasteiger charge is 2.64. The summed E-state index contributed by atoms with van der Waals surface area (Å²) in [5.74, 6) is 1.11. The Morgan fingerprint density at radius 1 is 1.15 bits per heavy atom. The molecule has 0 radical (unpaired) electrons. The molecule has 0 saturated heterocycles. The van der Waals surface area contributed by atoms with E-state index in [1.807, 2.05) is 25.1 Å². The summed E-state index contributed by atoms with van der Waals surface area (Å²) < 4.78 is 5.43. The van der Waals surface area contributed by atoms with Crippen LogP contribution in [0.1, 0.15) is 76.2 Å². The standard InChI is InChI=1S/C24H37NO2/c1-15-11-17(13-18(12-15)27-7)21(26)20-16(2)19(25)14-24(6)22(3,4)9-8-10-23(20,24)5/h11-13,16,19-20H,8-10,14,25H2,1-7H3/t16-,19-,20-,23-,24+/m1/s1. The maximum atomic E-state index is 13.9. The Balaban J connectivity index is 2.12. The predicted molar refractivity (Wildman–Crippen MR) is 111 cm³/mol. The highest BCUT2D eigenvalue weighted by atomic mass is 16.5. The number of methoxy groups -OCH3 is 1. The van der Waals surface area contributed by atoms with Crippen LogP contribution < -0.4 is 10.5 Å². The van der Waals surface area contributed by atoms with E-state index >= 15 is 0 Å². The molecule has 2 aliphatic carbocycles. The lowest BCUT2D eigenvalue weighted by Gasteiger charge is -2.66. The van der Waals surface area contributed by atoms with Gasteiger partial charge in [0.25, 0.3) is 0 Å². The maximum Gasteiger partial charge on any atom is 0.166 e. The highest BCUT2D eigenvalue weighted by Crippen LogP contribution is 2.68. The molecule has 0 unspecified atom stereocenters. The number of hydrogen-bond donors (Lipinski definition) is 1. The molecular formula is C24H37NO2. The first-order chi connectivity index (χ1) is 12.5. The monoisotopic (exact) mass is 371 g/mol. The number of ether oxygens (including phenoxy) is 1. The number of nitrogens with two attached hydrogens (primary N) is 1. The van der Waals surface area contributed by atoms with Crippen LogP contribution in [0.15, 0.2) is 18.2 Å². The lowest BCUT2D eigenvalue weighted by atomic mass is 9.38. The van der Waals surface area contributed by atoms with Crippen LogP contribution in [0.3, 0.4) is 0 Å². The molecule has 1 aromatic rings. The van der Waals surface area contributed by atoms with Crippen molar-refractivity contribution in [1.29, 1.82) is 0 Å². The molecule has 1 aromatic carbocycles. The number of Topliss-reactive ketones (excluding diaryl/α,β-unsaturated/α-hetero) is 1. The van der Waals surface area contributed by atoms with Gasteiger partial charge in [0.15, 0.2) is 5.78 Å². The van der Waals surface area contributed by atoms with Gasteiger partial charge in [-0.2, -0.15) is 0 Å². The van der Waals surface area contributed by atoms with Gasteiger partial charge in [0.05, 0.1) is 7.11 Å². The van der Waals surface area contributed by atoms with Crippen molar-refractivity contribution < 1.29 is 9.53 Å². The Morgan fingerprint density at radius 2 is 1.81 bits per heavy atom. The minimum Gasteiger partial charge on any atom is -0.497 e. The molecule has 2 N–H and O–H groups in total. The highest BCUT2D eigenvalue weighted by molar-refractivity contribution is 5.99. The molecule has 3 heteroatoms. The molecule has 0 spiro atoms. The molecule has 5 atom stereocenters. The second kappa shape index (κ2) is 6.62. The van der Waals surface area contributed by atoms with Crippen molar-refractivity contribution in [3.63, 3.8) is 0 Å². The van der Waals surface area contributed by atoms with E-state index < -0.39 is 0 Å². The van der Waals surface area contributed by atoms with E-state index in [9.17, 15) is 4.79 Å². The van der Waals surface area contributed by atoms with Gasteiger partial charge in [0.2, 0.25) is 0 Å². The quantitative estimate of drug-likeness (QED) is 0.725. The Morgan fingerprint density at radius 3 is 2.44 bits per heavy atom. The Labute approximate surface area is 165 Å². The number of carbonyl (C=O) groups is 1. The third kappa shape index (κ3) is 2.93. The number of aryl methyl sites for hydroxylation is 1. The van der Waals surface area contributed by atoms with E-state index in [4.69, 9.17) is 10.5 Å².